The molecule has 2 bridgehead atoms. The van der Waals surface area contributed by atoms with E-state index in [0.29, 0.717) is 22.8 Å². The first kappa shape index (κ1) is 23.4. The zero-order valence-electron chi connectivity index (χ0n) is 20.0. The van der Waals surface area contributed by atoms with Crippen LogP contribution in [0.2, 0.25) is 0 Å². The number of amides is 1. The minimum Gasteiger partial charge on any atom is -0.455 e. The van der Waals surface area contributed by atoms with Gasteiger partial charge >= 0.3 is 5.97 Å². The Morgan fingerprint density at radius 1 is 1.15 bits per heavy atom. The number of esters is 1. The van der Waals surface area contributed by atoms with Crippen molar-refractivity contribution in [3.05, 3.63) is 40.5 Å². The number of thiophene rings is 1. The molecule has 3 aliphatic heterocycles. The molecule has 182 valence electrons. The Morgan fingerprint density at radius 2 is 1.91 bits per heavy atom. The average molecular weight is 484 g/mol. The fourth-order valence-corrected chi connectivity index (χ4v) is 7.18. The molecule has 2 aromatic rings. The topological polar surface area (TPSA) is 81.2 Å². The van der Waals surface area contributed by atoms with E-state index in [1.54, 1.807) is 23.7 Å². The first-order valence-corrected chi connectivity index (χ1v) is 13.5. The van der Waals surface area contributed by atoms with Gasteiger partial charge in [0.15, 0.2) is 18.5 Å². The highest BCUT2D eigenvalue weighted by atomic mass is 32.1. The summed E-state index contributed by atoms with van der Waals surface area (Å²) in [6, 6.07) is 4.16. The zero-order chi connectivity index (χ0) is 23.6. The number of aromatic nitrogens is 2. The molecule has 2 aromatic heterocycles. The molecule has 8 heteroatoms. The molecule has 1 atom stereocenters. The van der Waals surface area contributed by atoms with Crippen LogP contribution in [0.15, 0.2) is 29.9 Å². The molecule has 0 unspecified atom stereocenters. The number of rotatable bonds is 6. The van der Waals surface area contributed by atoms with E-state index in [0.717, 1.165) is 68.7 Å². The molecule has 1 amide bonds. The van der Waals surface area contributed by atoms with Crippen LogP contribution in [0.4, 0.5) is 5.82 Å². The van der Waals surface area contributed by atoms with Crippen molar-refractivity contribution >= 4 is 29.0 Å². The average Bonchev–Trinajstić information content (AvgIpc) is 3.26. The van der Waals surface area contributed by atoms with E-state index in [2.05, 4.69) is 26.7 Å². The van der Waals surface area contributed by atoms with E-state index < -0.39 is 5.41 Å². The smallest absolute Gasteiger partial charge is 0.317 e. The van der Waals surface area contributed by atoms with Gasteiger partial charge in [0, 0.05) is 23.6 Å². The molecule has 0 aromatic carbocycles. The highest BCUT2D eigenvalue weighted by molar-refractivity contribution is 7.10. The van der Waals surface area contributed by atoms with Crippen LogP contribution in [-0.2, 0) is 19.7 Å². The van der Waals surface area contributed by atoms with Crippen molar-refractivity contribution in [2.75, 3.05) is 31.5 Å². The summed E-state index contributed by atoms with van der Waals surface area (Å²) >= 11 is 1.68. The van der Waals surface area contributed by atoms with Gasteiger partial charge in [-0.1, -0.05) is 31.7 Å². The molecular formula is C26H35N4O3S+. The number of nitrogens with one attached hydrogen (secondary N) is 1. The Balaban J connectivity index is 1.27. The van der Waals surface area contributed by atoms with Gasteiger partial charge in [-0.2, -0.15) is 0 Å². The standard InChI is InChI=1S/C26H34N4O3S/c1-19-15-28-23(16-27-19)29-24(31)18-30-12-8-20(9-13-30)21(17-30)33-25(32)26(22-7-6-14-34-22)10-4-2-3-5-11-26/h6-7,14-16,20-21H,2-5,8-13,17-18H2,1H3/p+1/t20?,21-,30?/m0/s1. The monoisotopic (exact) mass is 483 g/mol. The first-order valence-electron chi connectivity index (χ1n) is 12.7. The van der Waals surface area contributed by atoms with Crippen molar-refractivity contribution in [2.45, 2.75) is 69.8 Å². The summed E-state index contributed by atoms with van der Waals surface area (Å²) in [5.74, 6) is 0.798. The number of piperidine rings is 3. The van der Waals surface area contributed by atoms with Crippen LogP contribution in [0.5, 0.6) is 0 Å². The van der Waals surface area contributed by atoms with Gasteiger partial charge in [-0.3, -0.25) is 14.6 Å². The normalized spacial score (nSPS) is 28.1. The minimum atomic E-state index is -0.497. The predicted molar refractivity (Wildman–Crippen MR) is 131 cm³/mol. The summed E-state index contributed by atoms with van der Waals surface area (Å²) in [7, 11) is 0. The summed E-state index contributed by atoms with van der Waals surface area (Å²) in [5.41, 5.74) is 0.319. The lowest BCUT2D eigenvalue weighted by molar-refractivity contribution is -0.939. The van der Waals surface area contributed by atoms with Crippen LogP contribution in [-0.4, -0.2) is 58.6 Å². The van der Waals surface area contributed by atoms with Gasteiger partial charge in [-0.15, -0.1) is 11.3 Å². The third-order valence-electron chi connectivity index (χ3n) is 8.17. The predicted octanol–water partition coefficient (Wildman–Crippen LogP) is 4.23. The van der Waals surface area contributed by atoms with Crippen LogP contribution in [0.3, 0.4) is 0 Å². The molecule has 3 saturated heterocycles. The Labute approximate surface area is 205 Å². The quantitative estimate of drug-likeness (QED) is 0.378. The van der Waals surface area contributed by atoms with Gasteiger partial charge in [0.2, 0.25) is 0 Å². The molecule has 34 heavy (non-hydrogen) atoms. The first-order chi connectivity index (χ1) is 16.5. The van der Waals surface area contributed by atoms with Gasteiger partial charge in [0.1, 0.15) is 12.0 Å². The van der Waals surface area contributed by atoms with Crippen LogP contribution < -0.4 is 5.32 Å². The molecule has 6 rings (SSSR count). The number of carbonyl (C=O) groups is 2. The molecule has 4 fully saturated rings. The second-order valence-corrected chi connectivity index (χ2v) is 11.4. The summed E-state index contributed by atoms with van der Waals surface area (Å²) in [4.78, 5) is 36.3. The van der Waals surface area contributed by atoms with Crippen molar-refractivity contribution in [3.8, 4) is 0 Å². The molecule has 1 aliphatic carbocycles. The lowest BCUT2D eigenvalue weighted by Crippen LogP contribution is -2.66. The molecule has 1 N–H and O–H groups in total. The van der Waals surface area contributed by atoms with Crippen LogP contribution >= 0.6 is 11.3 Å². The van der Waals surface area contributed by atoms with Gasteiger partial charge < -0.3 is 14.5 Å². The van der Waals surface area contributed by atoms with Crippen LogP contribution in [0, 0.1) is 12.8 Å². The van der Waals surface area contributed by atoms with E-state index in [1.807, 2.05) is 13.0 Å². The Hall–Kier alpha value is -2.32. The third kappa shape index (κ3) is 4.75. The van der Waals surface area contributed by atoms with Crippen molar-refractivity contribution in [1.82, 2.24) is 9.97 Å². The SMILES string of the molecule is Cc1cnc(NC(=O)C[N+]23CCC(CC2)[C@@H](OC(=O)C2(c4cccs4)CCCCCC2)C3)cn1. The number of carbonyl (C=O) groups excluding carboxylic acids is 2. The number of anilines is 1. The number of ether oxygens (including phenoxy) is 1. The van der Waals surface area contributed by atoms with E-state index in [-0.39, 0.29) is 18.0 Å². The summed E-state index contributed by atoms with van der Waals surface area (Å²) < 4.78 is 7.07. The number of quaternary nitrogens is 1. The molecule has 1 saturated carbocycles. The molecule has 7 nitrogen and oxygen atoms in total. The number of hydrogen-bond acceptors (Lipinski definition) is 6. The van der Waals surface area contributed by atoms with Crippen LogP contribution in [0.1, 0.15) is 61.9 Å². The molecule has 0 spiro atoms. The second-order valence-electron chi connectivity index (χ2n) is 10.5. The number of nitrogens with zero attached hydrogens (tertiary/aromatic N) is 3. The Kier molecular flexibility index (Phi) is 6.71. The van der Waals surface area contributed by atoms with Crippen LogP contribution in [0.25, 0.3) is 0 Å². The Bertz CT molecular complexity index is 992. The van der Waals surface area contributed by atoms with Crippen molar-refractivity contribution < 1.29 is 18.8 Å². The van der Waals surface area contributed by atoms with E-state index in [9.17, 15) is 9.59 Å². The lowest BCUT2D eigenvalue weighted by Gasteiger charge is -2.52. The number of aryl methyl sites for hydroxylation is 1. The highest BCUT2D eigenvalue weighted by Gasteiger charge is 2.51. The van der Waals surface area contributed by atoms with Crippen molar-refractivity contribution in [2.24, 2.45) is 5.92 Å². The number of hydrogen-bond donors (Lipinski definition) is 1. The van der Waals surface area contributed by atoms with Crippen molar-refractivity contribution in [1.29, 1.82) is 0 Å². The maximum absolute atomic E-state index is 13.8. The maximum Gasteiger partial charge on any atom is 0.317 e. The van der Waals surface area contributed by atoms with Gasteiger partial charge in [-0.25, -0.2) is 4.98 Å². The summed E-state index contributed by atoms with van der Waals surface area (Å²) in [6.07, 6.45) is 11.4. The largest absolute Gasteiger partial charge is 0.455 e. The highest BCUT2D eigenvalue weighted by Crippen LogP contribution is 2.43. The van der Waals surface area contributed by atoms with Gasteiger partial charge in [-0.05, 0) is 31.2 Å². The van der Waals surface area contributed by atoms with E-state index >= 15 is 0 Å². The fraction of sp³-hybridized carbons (Fsp3) is 0.615. The van der Waals surface area contributed by atoms with Crippen molar-refractivity contribution in [3.63, 3.8) is 0 Å². The summed E-state index contributed by atoms with van der Waals surface area (Å²) in [6.45, 7) is 4.90. The zero-order valence-corrected chi connectivity index (χ0v) is 20.8. The van der Waals surface area contributed by atoms with E-state index in [1.165, 1.54) is 12.8 Å². The minimum absolute atomic E-state index is 0.0341. The molecule has 5 heterocycles. The molecule has 0 radical (unpaired) electrons. The third-order valence-corrected chi connectivity index (χ3v) is 9.24. The molecular weight excluding hydrogens is 448 g/mol. The second kappa shape index (κ2) is 9.74. The van der Waals surface area contributed by atoms with E-state index in [4.69, 9.17) is 4.74 Å². The van der Waals surface area contributed by atoms with Gasteiger partial charge in [0.25, 0.3) is 5.91 Å². The maximum atomic E-state index is 13.8. The molecule has 4 aliphatic rings. The fourth-order valence-electron chi connectivity index (χ4n) is 6.21. The summed E-state index contributed by atoms with van der Waals surface area (Å²) in [5, 5.41) is 4.97. The van der Waals surface area contributed by atoms with Gasteiger partial charge in [0.05, 0.1) is 31.2 Å². The lowest BCUT2D eigenvalue weighted by atomic mass is 9.78. The number of fused-ring (bicyclic) bond motifs is 3. The Morgan fingerprint density at radius 3 is 2.56 bits per heavy atom.